The number of likely N-dealkylation sites (tertiary alicyclic amines) is 1. The summed E-state index contributed by atoms with van der Waals surface area (Å²) in [4.78, 5) is 13.1. The lowest BCUT2D eigenvalue weighted by atomic mass is 9.98. The second kappa shape index (κ2) is 5.19. The molecule has 1 rings (SSSR count). The number of ether oxygens (including phenoxy) is 1. The van der Waals surface area contributed by atoms with Crippen LogP contribution in [-0.4, -0.2) is 44.2 Å². The average Bonchev–Trinajstić information content (AvgIpc) is 2.18. The molecule has 1 aliphatic rings. The summed E-state index contributed by atoms with van der Waals surface area (Å²) in [6.07, 6.45) is 2.33. The molecular formula is C9H18N2O2. The number of methoxy groups -OCH3 is 1. The number of carbonyl (C=O) groups excluding carboxylic acids is 1. The van der Waals surface area contributed by atoms with E-state index in [2.05, 4.69) is 9.64 Å². The first kappa shape index (κ1) is 10.5. The van der Waals surface area contributed by atoms with Crippen LogP contribution < -0.4 is 5.73 Å². The van der Waals surface area contributed by atoms with Crippen molar-refractivity contribution in [1.29, 1.82) is 0 Å². The normalized spacial score (nSPS) is 24.3. The molecule has 0 aromatic carbocycles. The minimum absolute atomic E-state index is 0.155. The minimum atomic E-state index is -0.155. The number of hydrogen-bond donors (Lipinski definition) is 1. The average molecular weight is 186 g/mol. The molecule has 0 amide bonds. The highest BCUT2D eigenvalue weighted by molar-refractivity contribution is 5.71. The van der Waals surface area contributed by atoms with E-state index < -0.39 is 0 Å². The molecule has 0 aliphatic carbocycles. The molecule has 1 fully saturated rings. The van der Waals surface area contributed by atoms with Gasteiger partial charge in [-0.2, -0.15) is 0 Å². The van der Waals surface area contributed by atoms with Crippen LogP contribution in [0.1, 0.15) is 12.8 Å². The molecule has 1 unspecified atom stereocenters. The van der Waals surface area contributed by atoms with Crippen LogP contribution in [-0.2, 0) is 9.53 Å². The van der Waals surface area contributed by atoms with Gasteiger partial charge in [0.2, 0.25) is 0 Å². The van der Waals surface area contributed by atoms with E-state index in [1.54, 1.807) is 0 Å². The highest BCUT2D eigenvalue weighted by Crippen LogP contribution is 2.14. The van der Waals surface area contributed by atoms with E-state index in [0.717, 1.165) is 26.1 Å². The number of carbonyl (C=O) groups is 1. The lowest BCUT2D eigenvalue weighted by Crippen LogP contribution is -2.41. The fourth-order valence-corrected chi connectivity index (χ4v) is 1.73. The molecule has 0 aromatic rings. The van der Waals surface area contributed by atoms with Gasteiger partial charge in [0.1, 0.15) is 0 Å². The zero-order chi connectivity index (χ0) is 9.68. The first-order valence-electron chi connectivity index (χ1n) is 4.75. The molecule has 0 bridgehead atoms. The second-order valence-corrected chi connectivity index (χ2v) is 3.56. The Labute approximate surface area is 79.0 Å². The second-order valence-electron chi connectivity index (χ2n) is 3.56. The van der Waals surface area contributed by atoms with Gasteiger partial charge in [0.25, 0.3) is 0 Å². The molecule has 0 radical (unpaired) electrons. The summed E-state index contributed by atoms with van der Waals surface area (Å²) in [6, 6.07) is 0. The van der Waals surface area contributed by atoms with Crippen molar-refractivity contribution in [3.05, 3.63) is 0 Å². The summed E-state index contributed by atoms with van der Waals surface area (Å²) in [5.41, 5.74) is 5.59. The van der Waals surface area contributed by atoms with E-state index in [1.165, 1.54) is 13.5 Å². The molecule has 1 heterocycles. The Kier molecular flexibility index (Phi) is 4.18. The molecule has 4 heteroatoms. The van der Waals surface area contributed by atoms with Crippen molar-refractivity contribution in [2.45, 2.75) is 12.8 Å². The Balaban J connectivity index is 2.29. The van der Waals surface area contributed by atoms with Gasteiger partial charge in [0.05, 0.1) is 13.7 Å². The molecule has 1 atom stereocenters. The molecule has 13 heavy (non-hydrogen) atoms. The quantitative estimate of drug-likeness (QED) is 0.622. The monoisotopic (exact) mass is 186 g/mol. The van der Waals surface area contributed by atoms with Gasteiger partial charge in [-0.05, 0) is 31.8 Å². The van der Waals surface area contributed by atoms with Gasteiger partial charge in [-0.15, -0.1) is 0 Å². The maximum atomic E-state index is 11.0. The standard InChI is InChI=1S/C9H18N2O2/c1-13-9(12)7-11-4-2-3-8(5-10)6-11/h8H,2-7,10H2,1H3. The topological polar surface area (TPSA) is 55.6 Å². The van der Waals surface area contributed by atoms with Crippen LogP contribution in [0.5, 0.6) is 0 Å². The van der Waals surface area contributed by atoms with Crippen LogP contribution in [0.4, 0.5) is 0 Å². The lowest BCUT2D eigenvalue weighted by molar-refractivity contribution is -0.142. The molecule has 0 aromatic heterocycles. The molecule has 0 saturated carbocycles. The Bertz CT molecular complexity index is 173. The number of hydrogen-bond acceptors (Lipinski definition) is 4. The van der Waals surface area contributed by atoms with Gasteiger partial charge in [-0.3, -0.25) is 9.69 Å². The third-order valence-corrected chi connectivity index (χ3v) is 2.52. The SMILES string of the molecule is COC(=O)CN1CCCC(CN)C1. The zero-order valence-corrected chi connectivity index (χ0v) is 8.16. The summed E-state index contributed by atoms with van der Waals surface area (Å²) < 4.78 is 4.61. The first-order chi connectivity index (χ1) is 6.26. The van der Waals surface area contributed by atoms with E-state index in [1.807, 2.05) is 0 Å². The van der Waals surface area contributed by atoms with E-state index in [4.69, 9.17) is 5.73 Å². The highest BCUT2D eigenvalue weighted by atomic mass is 16.5. The van der Waals surface area contributed by atoms with Crippen LogP contribution >= 0.6 is 0 Å². The van der Waals surface area contributed by atoms with Crippen LogP contribution in [0.25, 0.3) is 0 Å². The molecule has 1 saturated heterocycles. The van der Waals surface area contributed by atoms with E-state index >= 15 is 0 Å². The zero-order valence-electron chi connectivity index (χ0n) is 8.16. The lowest BCUT2D eigenvalue weighted by Gasteiger charge is -2.30. The molecule has 0 spiro atoms. The first-order valence-corrected chi connectivity index (χ1v) is 4.75. The van der Waals surface area contributed by atoms with Crippen molar-refractivity contribution in [2.75, 3.05) is 33.3 Å². The van der Waals surface area contributed by atoms with Crippen LogP contribution in [0.15, 0.2) is 0 Å². The van der Waals surface area contributed by atoms with Crippen molar-refractivity contribution in [1.82, 2.24) is 4.90 Å². The van der Waals surface area contributed by atoms with Crippen molar-refractivity contribution in [2.24, 2.45) is 11.7 Å². The molecule has 76 valence electrons. The maximum Gasteiger partial charge on any atom is 0.319 e. The van der Waals surface area contributed by atoms with E-state index in [9.17, 15) is 4.79 Å². The van der Waals surface area contributed by atoms with E-state index in [0.29, 0.717) is 12.5 Å². The predicted molar refractivity (Wildman–Crippen MR) is 50.2 cm³/mol. The number of nitrogens with two attached hydrogens (primary N) is 1. The largest absolute Gasteiger partial charge is 0.468 e. The number of rotatable bonds is 3. The van der Waals surface area contributed by atoms with Crippen LogP contribution in [0.2, 0.25) is 0 Å². The third-order valence-electron chi connectivity index (χ3n) is 2.52. The van der Waals surface area contributed by atoms with Crippen molar-refractivity contribution in [3.8, 4) is 0 Å². The Morgan fingerprint density at radius 1 is 1.69 bits per heavy atom. The van der Waals surface area contributed by atoms with E-state index in [-0.39, 0.29) is 5.97 Å². The molecule has 4 nitrogen and oxygen atoms in total. The molecule has 1 aliphatic heterocycles. The van der Waals surface area contributed by atoms with Crippen LogP contribution in [0, 0.1) is 5.92 Å². The number of nitrogens with zero attached hydrogens (tertiary/aromatic N) is 1. The summed E-state index contributed by atoms with van der Waals surface area (Å²) >= 11 is 0. The summed E-state index contributed by atoms with van der Waals surface area (Å²) in [7, 11) is 1.42. The van der Waals surface area contributed by atoms with Crippen LogP contribution in [0.3, 0.4) is 0 Å². The van der Waals surface area contributed by atoms with Gasteiger partial charge in [-0.25, -0.2) is 0 Å². The minimum Gasteiger partial charge on any atom is -0.468 e. The summed E-state index contributed by atoms with van der Waals surface area (Å²) in [5.74, 6) is 0.399. The van der Waals surface area contributed by atoms with Gasteiger partial charge in [0, 0.05) is 6.54 Å². The van der Waals surface area contributed by atoms with Gasteiger partial charge in [0.15, 0.2) is 0 Å². The Morgan fingerprint density at radius 3 is 3.08 bits per heavy atom. The third kappa shape index (κ3) is 3.32. The van der Waals surface area contributed by atoms with Gasteiger partial charge in [-0.1, -0.05) is 0 Å². The fourth-order valence-electron chi connectivity index (χ4n) is 1.73. The fraction of sp³-hybridized carbons (Fsp3) is 0.889. The Morgan fingerprint density at radius 2 is 2.46 bits per heavy atom. The number of esters is 1. The van der Waals surface area contributed by atoms with Crippen molar-refractivity contribution < 1.29 is 9.53 Å². The summed E-state index contributed by atoms with van der Waals surface area (Å²) in [6.45, 7) is 3.06. The van der Waals surface area contributed by atoms with Crippen molar-refractivity contribution in [3.63, 3.8) is 0 Å². The van der Waals surface area contributed by atoms with Crippen molar-refractivity contribution >= 4 is 5.97 Å². The molecule has 2 N–H and O–H groups in total. The maximum absolute atomic E-state index is 11.0. The van der Waals surface area contributed by atoms with Gasteiger partial charge < -0.3 is 10.5 Å². The summed E-state index contributed by atoms with van der Waals surface area (Å²) in [5, 5.41) is 0. The highest BCUT2D eigenvalue weighted by Gasteiger charge is 2.20. The smallest absolute Gasteiger partial charge is 0.319 e. The number of piperidine rings is 1. The van der Waals surface area contributed by atoms with Gasteiger partial charge >= 0.3 is 5.97 Å². The molecular weight excluding hydrogens is 168 g/mol. The predicted octanol–water partition coefficient (Wildman–Crippen LogP) is -0.170. The Hall–Kier alpha value is -0.610.